The van der Waals surface area contributed by atoms with Gasteiger partial charge in [-0.3, -0.25) is 4.98 Å². The number of aromatic nitrogens is 1. The summed E-state index contributed by atoms with van der Waals surface area (Å²) in [4.78, 5) is 4.76. The minimum absolute atomic E-state index is 0.721. The van der Waals surface area contributed by atoms with Crippen molar-refractivity contribution in [3.63, 3.8) is 0 Å². The van der Waals surface area contributed by atoms with E-state index in [1.807, 2.05) is 54.7 Å². The Labute approximate surface area is 187 Å². The number of rotatable bonds is 4. The van der Waals surface area contributed by atoms with Crippen LogP contribution in [0.25, 0.3) is 44.6 Å². The molecule has 1 heterocycles. The van der Waals surface area contributed by atoms with Crippen LogP contribution in [0.2, 0.25) is 5.02 Å². The van der Waals surface area contributed by atoms with Crippen molar-refractivity contribution in [2.75, 3.05) is 0 Å². The van der Waals surface area contributed by atoms with Crippen molar-refractivity contribution in [3.8, 4) is 44.6 Å². The molecule has 0 saturated carbocycles. The van der Waals surface area contributed by atoms with Gasteiger partial charge >= 0.3 is 0 Å². The summed E-state index contributed by atoms with van der Waals surface area (Å²) in [5, 5.41) is 0.721. The average Bonchev–Trinajstić information content (AvgIpc) is 2.85. The maximum atomic E-state index is 6.55. The van der Waals surface area contributed by atoms with E-state index in [9.17, 15) is 0 Å². The summed E-state index contributed by atoms with van der Waals surface area (Å²) in [5.41, 5.74) is 8.70. The summed E-state index contributed by atoms with van der Waals surface area (Å²) in [6.07, 6.45) is 1.93. The fraction of sp³-hybridized carbons (Fsp3) is 0. The molecule has 1 aromatic heterocycles. The average molecular weight is 418 g/mol. The number of hydrogen-bond donors (Lipinski definition) is 0. The van der Waals surface area contributed by atoms with Crippen LogP contribution in [-0.4, -0.2) is 4.98 Å². The van der Waals surface area contributed by atoms with Gasteiger partial charge in [-0.25, -0.2) is 0 Å². The van der Waals surface area contributed by atoms with Crippen LogP contribution in [0.1, 0.15) is 0 Å². The maximum absolute atomic E-state index is 6.55. The van der Waals surface area contributed by atoms with Crippen molar-refractivity contribution < 1.29 is 0 Å². The first-order valence-corrected chi connectivity index (χ1v) is 10.6. The zero-order chi connectivity index (χ0) is 21.0. The molecule has 2 heteroatoms. The summed E-state index contributed by atoms with van der Waals surface area (Å²) in [6.45, 7) is 0. The van der Waals surface area contributed by atoms with Crippen molar-refractivity contribution in [2.24, 2.45) is 0 Å². The lowest BCUT2D eigenvalue weighted by molar-refractivity contribution is 1.32. The topological polar surface area (TPSA) is 12.9 Å². The molecule has 1 nitrogen and oxygen atoms in total. The minimum atomic E-state index is 0.721. The molecule has 0 fully saturated rings. The molecular weight excluding hydrogens is 398 g/mol. The highest BCUT2D eigenvalue weighted by Crippen LogP contribution is 2.38. The van der Waals surface area contributed by atoms with Crippen LogP contribution in [0.15, 0.2) is 121 Å². The predicted octanol–water partition coefficient (Wildman–Crippen LogP) is 8.40. The van der Waals surface area contributed by atoms with Crippen molar-refractivity contribution >= 4 is 11.6 Å². The quantitative estimate of drug-likeness (QED) is 0.286. The number of nitrogens with zero attached hydrogens (tertiary/aromatic N) is 1. The van der Waals surface area contributed by atoms with E-state index in [0.29, 0.717) is 0 Å². The van der Waals surface area contributed by atoms with E-state index in [1.165, 1.54) is 11.1 Å². The first-order valence-electron chi connectivity index (χ1n) is 10.3. The van der Waals surface area contributed by atoms with Crippen LogP contribution in [0.4, 0.5) is 0 Å². The van der Waals surface area contributed by atoms with Crippen LogP contribution in [0.3, 0.4) is 0 Å². The maximum Gasteiger partial charge on any atom is 0.0708 e. The molecule has 0 bridgehead atoms. The Morgan fingerprint density at radius 2 is 1.00 bits per heavy atom. The number of hydrogen-bond acceptors (Lipinski definition) is 1. The van der Waals surface area contributed by atoms with Gasteiger partial charge in [0.1, 0.15) is 0 Å². The highest BCUT2D eigenvalue weighted by Gasteiger charge is 2.13. The Hall–Kier alpha value is -3.68. The zero-order valence-electron chi connectivity index (χ0n) is 16.9. The Morgan fingerprint density at radius 1 is 0.452 bits per heavy atom. The summed E-state index contributed by atoms with van der Waals surface area (Å²) in [5.74, 6) is 0. The van der Waals surface area contributed by atoms with Crippen LogP contribution in [0, 0.1) is 0 Å². The van der Waals surface area contributed by atoms with Crippen LogP contribution in [0.5, 0.6) is 0 Å². The summed E-state index contributed by atoms with van der Waals surface area (Å²) >= 11 is 6.55. The first kappa shape index (κ1) is 19.3. The van der Waals surface area contributed by atoms with Gasteiger partial charge in [0.25, 0.3) is 0 Å². The molecule has 0 aliphatic carbocycles. The summed E-state index contributed by atoms with van der Waals surface area (Å²) < 4.78 is 0. The number of halogens is 1. The van der Waals surface area contributed by atoms with Crippen molar-refractivity contribution in [1.29, 1.82) is 0 Å². The van der Waals surface area contributed by atoms with Crippen molar-refractivity contribution in [2.45, 2.75) is 0 Å². The van der Waals surface area contributed by atoms with E-state index < -0.39 is 0 Å². The molecule has 31 heavy (non-hydrogen) atoms. The molecule has 0 aliphatic rings. The lowest BCUT2D eigenvalue weighted by atomic mass is 9.93. The van der Waals surface area contributed by atoms with Gasteiger partial charge in [0, 0.05) is 27.9 Å². The van der Waals surface area contributed by atoms with E-state index in [1.54, 1.807) is 0 Å². The predicted molar refractivity (Wildman–Crippen MR) is 131 cm³/mol. The highest BCUT2D eigenvalue weighted by molar-refractivity contribution is 6.33. The fourth-order valence-electron chi connectivity index (χ4n) is 3.83. The van der Waals surface area contributed by atoms with E-state index in [-0.39, 0.29) is 0 Å². The molecule has 0 atom stereocenters. The molecule has 0 saturated heterocycles. The van der Waals surface area contributed by atoms with Gasteiger partial charge in [0.15, 0.2) is 0 Å². The van der Waals surface area contributed by atoms with Crippen molar-refractivity contribution in [1.82, 2.24) is 4.98 Å². The van der Waals surface area contributed by atoms with Gasteiger partial charge < -0.3 is 0 Å². The molecule has 0 unspecified atom stereocenters. The van der Waals surface area contributed by atoms with E-state index in [0.717, 1.165) is 38.5 Å². The first-order chi connectivity index (χ1) is 15.3. The second-order valence-corrected chi connectivity index (χ2v) is 7.81. The van der Waals surface area contributed by atoms with Gasteiger partial charge in [-0.15, -0.1) is 0 Å². The van der Waals surface area contributed by atoms with Gasteiger partial charge in [-0.1, -0.05) is 115 Å². The summed E-state index contributed by atoms with van der Waals surface area (Å²) in [6, 6.07) is 39.4. The second kappa shape index (κ2) is 8.59. The van der Waals surface area contributed by atoms with Gasteiger partial charge in [0.05, 0.1) is 5.69 Å². The van der Waals surface area contributed by atoms with Gasteiger partial charge in [-0.05, 0) is 34.4 Å². The second-order valence-electron chi connectivity index (χ2n) is 7.40. The standard InChI is InChI=1S/C29H20ClN/c30-28-14-8-7-13-25(28)27-20-31-29(24-11-5-2-6-12-24)19-26(27)23-17-15-22(16-18-23)21-9-3-1-4-10-21/h1-20H. The van der Waals surface area contributed by atoms with Gasteiger partial charge in [-0.2, -0.15) is 0 Å². The highest BCUT2D eigenvalue weighted by atomic mass is 35.5. The molecule has 4 aromatic carbocycles. The normalized spacial score (nSPS) is 10.7. The Bertz CT molecular complexity index is 1310. The molecule has 5 aromatic rings. The molecule has 0 N–H and O–H groups in total. The molecule has 0 radical (unpaired) electrons. The van der Waals surface area contributed by atoms with Crippen LogP contribution < -0.4 is 0 Å². The Kier molecular flexibility index (Phi) is 5.35. The molecule has 0 spiro atoms. The van der Waals surface area contributed by atoms with Crippen molar-refractivity contribution in [3.05, 3.63) is 126 Å². The Balaban J connectivity index is 1.65. The molecule has 0 aliphatic heterocycles. The van der Waals surface area contributed by atoms with E-state index in [4.69, 9.17) is 16.6 Å². The largest absolute Gasteiger partial charge is 0.256 e. The fourth-order valence-corrected chi connectivity index (χ4v) is 4.07. The Morgan fingerprint density at radius 3 is 1.68 bits per heavy atom. The smallest absolute Gasteiger partial charge is 0.0708 e. The third-order valence-corrected chi connectivity index (χ3v) is 5.77. The van der Waals surface area contributed by atoms with E-state index >= 15 is 0 Å². The monoisotopic (exact) mass is 417 g/mol. The van der Waals surface area contributed by atoms with Crippen LogP contribution >= 0.6 is 11.6 Å². The third kappa shape index (κ3) is 4.01. The summed E-state index contributed by atoms with van der Waals surface area (Å²) in [7, 11) is 0. The lowest BCUT2D eigenvalue weighted by Gasteiger charge is -2.14. The lowest BCUT2D eigenvalue weighted by Crippen LogP contribution is -1.92. The van der Waals surface area contributed by atoms with E-state index in [2.05, 4.69) is 66.7 Å². The SMILES string of the molecule is Clc1ccccc1-c1cnc(-c2ccccc2)cc1-c1ccc(-c2ccccc2)cc1. The molecule has 5 rings (SSSR count). The molecular formula is C29H20ClN. The number of pyridine rings is 1. The molecule has 148 valence electrons. The third-order valence-electron chi connectivity index (χ3n) is 5.44. The molecule has 0 amide bonds. The van der Waals surface area contributed by atoms with Crippen LogP contribution in [-0.2, 0) is 0 Å². The number of benzene rings is 4. The zero-order valence-corrected chi connectivity index (χ0v) is 17.6. The minimum Gasteiger partial charge on any atom is -0.256 e. The van der Waals surface area contributed by atoms with Gasteiger partial charge in [0.2, 0.25) is 0 Å².